The Morgan fingerprint density at radius 3 is 2.67 bits per heavy atom. The van der Waals surface area contributed by atoms with Crippen molar-refractivity contribution in [2.24, 2.45) is 0 Å². The number of benzene rings is 2. The highest BCUT2D eigenvalue weighted by Gasteiger charge is 2.20. The molecule has 0 aromatic heterocycles. The summed E-state index contributed by atoms with van der Waals surface area (Å²) in [6, 6.07) is 15.5. The van der Waals surface area contributed by atoms with Crippen molar-refractivity contribution in [2.75, 3.05) is 0 Å². The Bertz CT molecular complexity index is 595. The van der Waals surface area contributed by atoms with Gasteiger partial charge in [0.25, 0.3) is 0 Å². The summed E-state index contributed by atoms with van der Waals surface area (Å²) in [5.74, 6) is 0.333. The zero-order chi connectivity index (χ0) is 14.7. The van der Waals surface area contributed by atoms with Gasteiger partial charge in [0.1, 0.15) is 17.7 Å². The van der Waals surface area contributed by atoms with Crippen molar-refractivity contribution in [1.82, 2.24) is 5.32 Å². The fourth-order valence-corrected chi connectivity index (χ4v) is 2.34. The van der Waals surface area contributed by atoms with Gasteiger partial charge >= 0.3 is 0 Å². The maximum Gasteiger partial charge on any atom is 0.127 e. The van der Waals surface area contributed by atoms with E-state index in [9.17, 15) is 4.39 Å². The molecule has 3 heteroatoms. The van der Waals surface area contributed by atoms with Gasteiger partial charge in [0.05, 0.1) is 0 Å². The van der Waals surface area contributed by atoms with Crippen LogP contribution in [-0.2, 0) is 6.54 Å². The van der Waals surface area contributed by atoms with E-state index in [1.54, 1.807) is 6.07 Å². The van der Waals surface area contributed by atoms with Gasteiger partial charge in [-0.15, -0.1) is 0 Å². The lowest BCUT2D eigenvalue weighted by atomic mass is 10.1. The molecular weight excluding hydrogens is 265 g/mol. The predicted octanol–water partition coefficient (Wildman–Crippen LogP) is 4.22. The molecule has 1 N–H and O–H groups in total. The van der Waals surface area contributed by atoms with Crippen molar-refractivity contribution in [2.45, 2.75) is 38.5 Å². The maximum absolute atomic E-state index is 13.7. The Labute approximate surface area is 125 Å². The number of ether oxygens (including phenoxy) is 1. The summed E-state index contributed by atoms with van der Waals surface area (Å²) in [5, 5.41) is 3.39. The molecule has 1 saturated carbocycles. The van der Waals surface area contributed by atoms with Gasteiger partial charge in [0.2, 0.25) is 0 Å². The summed E-state index contributed by atoms with van der Waals surface area (Å²) in [7, 11) is 0. The van der Waals surface area contributed by atoms with Gasteiger partial charge in [-0.3, -0.25) is 0 Å². The Hall–Kier alpha value is -1.87. The zero-order valence-corrected chi connectivity index (χ0v) is 12.2. The molecule has 1 aliphatic rings. The topological polar surface area (TPSA) is 21.3 Å². The second-order valence-electron chi connectivity index (χ2n) is 5.62. The molecular formula is C18H20FNO. The quantitative estimate of drug-likeness (QED) is 0.858. The summed E-state index contributed by atoms with van der Waals surface area (Å²) in [4.78, 5) is 0. The van der Waals surface area contributed by atoms with Crippen LogP contribution in [-0.4, -0.2) is 6.04 Å². The molecule has 0 heterocycles. The standard InChI is InChI=1S/C18H20FNO/c1-13(15-5-3-2-4-6-15)21-18-10-14(9-16(19)11-18)12-20-17-7-8-17/h2-6,9-11,13,17,20H,7-8,12H2,1H3. The Kier molecular flexibility index (Phi) is 4.20. The summed E-state index contributed by atoms with van der Waals surface area (Å²) in [6.07, 6.45) is 2.35. The number of nitrogens with one attached hydrogen (secondary N) is 1. The molecule has 0 saturated heterocycles. The van der Waals surface area contributed by atoms with E-state index in [0.717, 1.165) is 11.1 Å². The van der Waals surface area contributed by atoms with Crippen molar-refractivity contribution < 1.29 is 9.13 Å². The molecule has 21 heavy (non-hydrogen) atoms. The molecule has 0 bridgehead atoms. The molecule has 1 unspecified atom stereocenters. The van der Waals surface area contributed by atoms with Crippen LogP contribution in [0.5, 0.6) is 5.75 Å². The first-order chi connectivity index (χ1) is 10.2. The van der Waals surface area contributed by atoms with E-state index in [4.69, 9.17) is 4.74 Å². The molecule has 0 aliphatic heterocycles. The van der Waals surface area contributed by atoms with E-state index in [1.807, 2.05) is 43.3 Å². The van der Waals surface area contributed by atoms with Gasteiger partial charge in [-0.2, -0.15) is 0 Å². The van der Waals surface area contributed by atoms with E-state index >= 15 is 0 Å². The van der Waals surface area contributed by atoms with Crippen molar-refractivity contribution in [1.29, 1.82) is 0 Å². The molecule has 2 aromatic carbocycles. The first kappa shape index (κ1) is 14.1. The van der Waals surface area contributed by atoms with Crippen LogP contribution in [0.3, 0.4) is 0 Å². The Morgan fingerprint density at radius 1 is 1.19 bits per heavy atom. The molecule has 0 radical (unpaired) electrons. The summed E-state index contributed by atoms with van der Waals surface area (Å²) >= 11 is 0. The first-order valence-corrected chi connectivity index (χ1v) is 7.45. The molecule has 3 rings (SSSR count). The monoisotopic (exact) mass is 285 g/mol. The largest absolute Gasteiger partial charge is 0.486 e. The number of hydrogen-bond acceptors (Lipinski definition) is 2. The fourth-order valence-electron chi connectivity index (χ4n) is 2.34. The van der Waals surface area contributed by atoms with Crippen LogP contribution in [0.4, 0.5) is 4.39 Å². The smallest absolute Gasteiger partial charge is 0.127 e. The summed E-state index contributed by atoms with van der Waals surface area (Å²) in [5.41, 5.74) is 2.01. The number of hydrogen-bond donors (Lipinski definition) is 1. The van der Waals surface area contributed by atoms with Gasteiger partial charge in [0, 0.05) is 18.7 Å². The molecule has 0 amide bonds. The average Bonchev–Trinajstić information content (AvgIpc) is 3.30. The predicted molar refractivity (Wildman–Crippen MR) is 81.7 cm³/mol. The van der Waals surface area contributed by atoms with Gasteiger partial charge in [0.15, 0.2) is 0 Å². The molecule has 2 nitrogen and oxygen atoms in total. The average molecular weight is 285 g/mol. The molecule has 110 valence electrons. The highest BCUT2D eigenvalue weighted by molar-refractivity contribution is 5.31. The van der Waals surface area contributed by atoms with Crippen molar-refractivity contribution in [3.05, 3.63) is 65.5 Å². The number of rotatable bonds is 6. The van der Waals surface area contributed by atoms with Crippen LogP contribution < -0.4 is 10.1 Å². The van der Waals surface area contributed by atoms with E-state index in [-0.39, 0.29) is 11.9 Å². The van der Waals surface area contributed by atoms with Crippen LogP contribution in [0, 0.1) is 5.82 Å². The highest BCUT2D eigenvalue weighted by atomic mass is 19.1. The third-order valence-corrected chi connectivity index (χ3v) is 3.69. The van der Waals surface area contributed by atoms with Gasteiger partial charge < -0.3 is 10.1 Å². The first-order valence-electron chi connectivity index (χ1n) is 7.45. The van der Waals surface area contributed by atoms with E-state index in [2.05, 4.69) is 5.32 Å². The minimum Gasteiger partial charge on any atom is -0.486 e. The second-order valence-corrected chi connectivity index (χ2v) is 5.62. The molecule has 1 atom stereocenters. The van der Waals surface area contributed by atoms with Crippen molar-refractivity contribution >= 4 is 0 Å². The van der Waals surface area contributed by atoms with Gasteiger partial charge in [-0.25, -0.2) is 4.39 Å². The molecule has 1 aliphatic carbocycles. The summed E-state index contributed by atoms with van der Waals surface area (Å²) < 4.78 is 19.6. The van der Waals surface area contributed by atoms with Crippen LogP contribution in [0.25, 0.3) is 0 Å². The number of halogens is 1. The van der Waals surface area contributed by atoms with Crippen LogP contribution in [0.15, 0.2) is 48.5 Å². The van der Waals surface area contributed by atoms with Gasteiger partial charge in [-0.1, -0.05) is 30.3 Å². The van der Waals surface area contributed by atoms with Crippen molar-refractivity contribution in [3.63, 3.8) is 0 Å². The zero-order valence-electron chi connectivity index (χ0n) is 12.2. The lowest BCUT2D eigenvalue weighted by molar-refractivity contribution is 0.225. The second kappa shape index (κ2) is 6.27. The van der Waals surface area contributed by atoms with E-state index < -0.39 is 0 Å². The SMILES string of the molecule is CC(Oc1cc(F)cc(CNC2CC2)c1)c1ccccc1. The minimum atomic E-state index is -0.250. The highest BCUT2D eigenvalue weighted by Crippen LogP contribution is 2.25. The lowest BCUT2D eigenvalue weighted by Crippen LogP contribution is -2.15. The minimum absolute atomic E-state index is 0.0998. The Balaban J connectivity index is 1.68. The maximum atomic E-state index is 13.7. The van der Waals surface area contributed by atoms with Gasteiger partial charge in [-0.05, 0) is 43.0 Å². The third kappa shape index (κ3) is 4.05. The van der Waals surface area contributed by atoms with Crippen LogP contribution in [0.2, 0.25) is 0 Å². The third-order valence-electron chi connectivity index (χ3n) is 3.69. The van der Waals surface area contributed by atoms with E-state index in [0.29, 0.717) is 18.3 Å². The van der Waals surface area contributed by atoms with Crippen LogP contribution >= 0.6 is 0 Å². The fraction of sp³-hybridized carbons (Fsp3) is 0.333. The summed E-state index contributed by atoms with van der Waals surface area (Å²) in [6.45, 7) is 2.67. The lowest BCUT2D eigenvalue weighted by Gasteiger charge is -2.16. The van der Waals surface area contributed by atoms with E-state index in [1.165, 1.54) is 18.9 Å². The van der Waals surface area contributed by atoms with Crippen molar-refractivity contribution in [3.8, 4) is 5.75 Å². The molecule has 0 spiro atoms. The molecule has 1 fully saturated rings. The van der Waals surface area contributed by atoms with Crippen LogP contribution in [0.1, 0.15) is 37.0 Å². The Morgan fingerprint density at radius 2 is 1.95 bits per heavy atom. The molecule has 2 aromatic rings. The normalized spacial score (nSPS) is 15.7.